The summed E-state index contributed by atoms with van der Waals surface area (Å²) in [5, 5.41) is 2.73. The van der Waals surface area contributed by atoms with Crippen molar-refractivity contribution in [2.45, 2.75) is 0 Å². The van der Waals surface area contributed by atoms with E-state index in [0.29, 0.717) is 33.2 Å². The molecule has 0 aromatic heterocycles. The van der Waals surface area contributed by atoms with Gasteiger partial charge in [-0.1, -0.05) is 72.8 Å². The Morgan fingerprint density at radius 1 is 0.556 bits per heavy atom. The summed E-state index contributed by atoms with van der Waals surface area (Å²) in [6.07, 6.45) is 0. The van der Waals surface area contributed by atoms with Crippen molar-refractivity contribution in [3.05, 3.63) is 140 Å². The first-order valence-electron chi connectivity index (χ1n) is 11.3. The molecule has 0 radical (unpaired) electrons. The van der Waals surface area contributed by atoms with E-state index in [1.54, 1.807) is 24.3 Å². The van der Waals surface area contributed by atoms with Crippen LogP contribution in [0.25, 0.3) is 11.4 Å². The van der Waals surface area contributed by atoms with Crippen LogP contribution in [0.15, 0.2) is 107 Å². The van der Waals surface area contributed by atoms with Gasteiger partial charge in [0.1, 0.15) is 0 Å². The van der Waals surface area contributed by atoms with Gasteiger partial charge in [-0.3, -0.25) is 0 Å². The van der Waals surface area contributed by atoms with Crippen LogP contribution in [-0.2, 0) is 9.47 Å². The van der Waals surface area contributed by atoms with Crippen LogP contribution >= 0.6 is 0 Å². The van der Waals surface area contributed by atoms with Crippen molar-refractivity contribution in [3.8, 4) is 0 Å². The Bertz CT molecular complexity index is 1600. The first-order valence-corrected chi connectivity index (χ1v) is 11.3. The van der Waals surface area contributed by atoms with Gasteiger partial charge in [0.2, 0.25) is 0 Å². The lowest BCUT2D eigenvalue weighted by Gasteiger charge is -2.12. The zero-order chi connectivity index (χ0) is 25.1. The van der Waals surface area contributed by atoms with E-state index < -0.39 is 11.9 Å². The highest BCUT2D eigenvalue weighted by molar-refractivity contribution is 5.91. The van der Waals surface area contributed by atoms with Crippen molar-refractivity contribution in [3.63, 3.8) is 0 Å². The summed E-state index contributed by atoms with van der Waals surface area (Å²) in [4.78, 5) is 34.8. The predicted octanol–water partition coefficient (Wildman–Crippen LogP) is 4.33. The van der Waals surface area contributed by atoms with Crippen LogP contribution in [0, 0.1) is 10.4 Å². The van der Waals surface area contributed by atoms with Crippen LogP contribution in [-0.4, -0.2) is 26.2 Å². The number of methoxy groups -OCH3 is 2. The first-order chi connectivity index (χ1) is 17.6. The Morgan fingerprint density at radius 2 is 0.944 bits per heavy atom. The van der Waals surface area contributed by atoms with E-state index in [1.807, 2.05) is 72.8 Å². The molecule has 0 atom stereocenters. The van der Waals surface area contributed by atoms with Crippen molar-refractivity contribution < 1.29 is 19.1 Å². The van der Waals surface area contributed by atoms with Crippen molar-refractivity contribution in [2.24, 2.45) is 9.98 Å². The molecule has 0 saturated carbocycles. The minimum Gasteiger partial charge on any atom is -0.465 e. The van der Waals surface area contributed by atoms with Crippen LogP contribution < -0.4 is 10.7 Å². The fourth-order valence-electron chi connectivity index (χ4n) is 4.13. The lowest BCUT2D eigenvalue weighted by atomic mass is 10.0. The fourth-order valence-corrected chi connectivity index (χ4v) is 4.13. The molecule has 1 aliphatic rings. The zero-order valence-electron chi connectivity index (χ0n) is 19.8. The van der Waals surface area contributed by atoms with Gasteiger partial charge in [-0.25, -0.2) is 19.6 Å². The maximum atomic E-state index is 12.3. The minimum absolute atomic E-state index is 0.388. The van der Waals surface area contributed by atoms with E-state index in [4.69, 9.17) is 19.5 Å². The average Bonchev–Trinajstić information content (AvgIpc) is 2.93. The monoisotopic (exact) mass is 474 g/mol. The first kappa shape index (κ1) is 22.9. The molecule has 176 valence electrons. The molecule has 6 nitrogen and oxygen atoms in total. The number of rotatable bonds is 4. The normalized spacial score (nSPS) is 17.1. The van der Waals surface area contributed by atoms with Crippen molar-refractivity contribution in [1.82, 2.24) is 0 Å². The molecule has 0 bridgehead atoms. The van der Waals surface area contributed by atoms with Gasteiger partial charge in [0.05, 0.1) is 47.5 Å². The summed E-state index contributed by atoms with van der Waals surface area (Å²) in [5.74, 6) is -0.899. The van der Waals surface area contributed by atoms with Gasteiger partial charge in [-0.15, -0.1) is 0 Å². The van der Waals surface area contributed by atoms with Gasteiger partial charge in [0, 0.05) is 21.6 Å². The highest BCUT2D eigenvalue weighted by atomic mass is 16.5. The van der Waals surface area contributed by atoms with Gasteiger partial charge in [0.15, 0.2) is 0 Å². The second kappa shape index (κ2) is 9.80. The molecule has 4 aromatic carbocycles. The summed E-state index contributed by atoms with van der Waals surface area (Å²) < 4.78 is 9.89. The van der Waals surface area contributed by atoms with Crippen LogP contribution in [0.4, 0.5) is 0 Å². The highest BCUT2D eigenvalue weighted by Gasteiger charge is 2.15. The van der Waals surface area contributed by atoms with E-state index in [2.05, 4.69) is 0 Å². The largest absolute Gasteiger partial charge is 0.465 e. The summed E-state index contributed by atoms with van der Waals surface area (Å²) in [6.45, 7) is 0. The number of ether oxygens (including phenoxy) is 2. The molecular weight excluding hydrogens is 452 g/mol. The number of fused-ring (bicyclic) bond motifs is 2. The third kappa shape index (κ3) is 4.32. The number of nitrogens with zero attached hydrogens (tertiary/aromatic N) is 2. The van der Waals surface area contributed by atoms with E-state index >= 15 is 0 Å². The van der Waals surface area contributed by atoms with Gasteiger partial charge in [0.25, 0.3) is 0 Å². The van der Waals surface area contributed by atoms with E-state index in [0.717, 1.165) is 21.6 Å². The quantitative estimate of drug-likeness (QED) is 0.413. The smallest absolute Gasteiger partial charge is 0.337 e. The molecule has 1 aliphatic heterocycles. The highest BCUT2D eigenvalue weighted by Crippen LogP contribution is 2.28. The van der Waals surface area contributed by atoms with Crippen molar-refractivity contribution in [1.29, 1.82) is 0 Å². The summed E-state index contributed by atoms with van der Waals surface area (Å²) >= 11 is 0. The standard InChI is InChI=1S/C30H22N2O4/c1-35-29(33)21-13-15-23-24-16-14-22(30(34)36-2)18-26(24)32-28(20-11-7-4-8-12-20)27(31-25(23)17-21)19-9-5-3-6-10-19/h3-18H,1-2H3/b24-23-,28-27-,31-25+,31-27?,32-26+,32-28?. The Labute approximate surface area is 207 Å². The molecule has 0 aliphatic carbocycles. The number of hydrogen-bond donors (Lipinski definition) is 0. The number of hydrogen-bond acceptors (Lipinski definition) is 6. The molecule has 36 heavy (non-hydrogen) atoms. The number of carbonyl (C=O) groups is 2. The summed E-state index contributed by atoms with van der Waals surface area (Å²) in [7, 11) is 2.70. The SMILES string of the molecule is COC(=O)c1ccc2/c(c1)=N/C(c1ccccc1)=C(c1ccccc1)\N=c1/cc(C(=O)OC)cc/c1=2. The van der Waals surface area contributed by atoms with Crippen LogP contribution in [0.2, 0.25) is 0 Å². The molecule has 0 saturated heterocycles. The minimum atomic E-state index is -0.450. The maximum absolute atomic E-state index is 12.3. The average molecular weight is 475 g/mol. The van der Waals surface area contributed by atoms with Crippen LogP contribution in [0.5, 0.6) is 0 Å². The molecule has 0 fully saturated rings. The number of benzene rings is 4. The summed E-state index contributed by atoms with van der Waals surface area (Å²) in [5.41, 5.74) is 3.78. The second-order valence-corrected chi connectivity index (χ2v) is 8.10. The number of esters is 2. The third-order valence-electron chi connectivity index (χ3n) is 5.91. The molecule has 6 heteroatoms. The van der Waals surface area contributed by atoms with E-state index in [-0.39, 0.29) is 0 Å². The number of carbonyl (C=O) groups excluding carboxylic acids is 2. The molecule has 5 rings (SSSR count). The molecule has 0 amide bonds. The second-order valence-electron chi connectivity index (χ2n) is 8.10. The molecule has 4 aromatic rings. The maximum Gasteiger partial charge on any atom is 0.337 e. The molecule has 0 spiro atoms. The Hall–Kier alpha value is -4.84. The topological polar surface area (TPSA) is 77.3 Å². The van der Waals surface area contributed by atoms with Gasteiger partial charge in [-0.2, -0.15) is 0 Å². The lowest BCUT2D eigenvalue weighted by molar-refractivity contribution is 0.0591. The van der Waals surface area contributed by atoms with Crippen molar-refractivity contribution in [2.75, 3.05) is 14.2 Å². The van der Waals surface area contributed by atoms with Gasteiger partial charge >= 0.3 is 11.9 Å². The van der Waals surface area contributed by atoms with E-state index in [1.165, 1.54) is 14.2 Å². The Balaban J connectivity index is 1.99. The third-order valence-corrected chi connectivity index (χ3v) is 5.91. The molecule has 1 heterocycles. The zero-order valence-corrected chi connectivity index (χ0v) is 19.8. The van der Waals surface area contributed by atoms with E-state index in [9.17, 15) is 9.59 Å². The van der Waals surface area contributed by atoms with Crippen LogP contribution in [0.1, 0.15) is 31.8 Å². The molecule has 0 N–H and O–H groups in total. The van der Waals surface area contributed by atoms with Crippen LogP contribution in [0.3, 0.4) is 0 Å². The predicted molar refractivity (Wildman–Crippen MR) is 135 cm³/mol. The van der Waals surface area contributed by atoms with Gasteiger partial charge in [-0.05, 0) is 24.3 Å². The Kier molecular flexibility index (Phi) is 6.24. The van der Waals surface area contributed by atoms with Gasteiger partial charge < -0.3 is 9.47 Å². The molecule has 0 unspecified atom stereocenters. The lowest BCUT2D eigenvalue weighted by Crippen LogP contribution is -2.17. The fraction of sp³-hybridized carbons (Fsp3) is 0.0667. The Morgan fingerprint density at radius 3 is 1.31 bits per heavy atom. The molecular formula is C30H22N2O4. The summed E-state index contributed by atoms with van der Waals surface area (Å²) in [6, 6.07) is 30.0. The van der Waals surface area contributed by atoms with Crippen molar-refractivity contribution >= 4 is 23.3 Å².